The molecular weight excluding hydrogens is 304 g/mol. The van der Waals surface area contributed by atoms with Gasteiger partial charge in [0.05, 0.1) is 11.6 Å². The van der Waals surface area contributed by atoms with Gasteiger partial charge in [-0.1, -0.05) is 31.4 Å². The zero-order valence-corrected chi connectivity index (χ0v) is 14.5. The third-order valence-corrected chi connectivity index (χ3v) is 4.76. The van der Waals surface area contributed by atoms with Crippen molar-refractivity contribution in [3.8, 4) is 6.07 Å². The Bertz CT molecular complexity index is 670. The van der Waals surface area contributed by atoms with E-state index in [1.165, 1.54) is 6.92 Å². The maximum absolute atomic E-state index is 12.4. The molecule has 2 rings (SSSR count). The van der Waals surface area contributed by atoms with Gasteiger partial charge in [0.2, 0.25) is 0 Å². The van der Waals surface area contributed by atoms with E-state index in [4.69, 9.17) is 4.74 Å². The van der Waals surface area contributed by atoms with Gasteiger partial charge in [0, 0.05) is 0 Å². The maximum atomic E-state index is 12.4. The van der Waals surface area contributed by atoms with Gasteiger partial charge >= 0.3 is 5.97 Å². The summed E-state index contributed by atoms with van der Waals surface area (Å²) >= 11 is 0. The lowest BCUT2D eigenvalue weighted by molar-refractivity contribution is -0.130. The number of amides is 1. The number of carbonyl (C=O) groups excluding carboxylic acids is 2. The summed E-state index contributed by atoms with van der Waals surface area (Å²) in [6, 6.07) is 7.63. The highest BCUT2D eigenvalue weighted by Gasteiger charge is 2.35. The van der Waals surface area contributed by atoms with E-state index < -0.39 is 23.5 Å². The highest BCUT2D eigenvalue weighted by atomic mass is 16.5. The average molecular weight is 328 g/mol. The first-order valence-electron chi connectivity index (χ1n) is 8.39. The van der Waals surface area contributed by atoms with Crippen LogP contribution in [0.2, 0.25) is 0 Å². The van der Waals surface area contributed by atoms with Crippen molar-refractivity contribution in [2.45, 2.75) is 64.5 Å². The Morgan fingerprint density at radius 1 is 1.25 bits per heavy atom. The molecule has 1 fully saturated rings. The van der Waals surface area contributed by atoms with E-state index in [-0.39, 0.29) is 0 Å². The molecule has 1 amide bonds. The number of benzene rings is 1. The summed E-state index contributed by atoms with van der Waals surface area (Å²) in [5.74, 6) is -0.939. The molecule has 1 aromatic carbocycles. The average Bonchev–Trinajstić information content (AvgIpc) is 2.58. The lowest BCUT2D eigenvalue weighted by atomic mass is 9.83. The molecule has 1 aromatic rings. The van der Waals surface area contributed by atoms with Crippen molar-refractivity contribution >= 4 is 11.9 Å². The molecule has 1 aliphatic rings. The fraction of sp³-hybridized carbons (Fsp3) is 0.526. The molecule has 1 N–H and O–H groups in total. The van der Waals surface area contributed by atoms with Crippen molar-refractivity contribution in [1.82, 2.24) is 5.32 Å². The van der Waals surface area contributed by atoms with Gasteiger partial charge in [-0.3, -0.25) is 4.79 Å². The van der Waals surface area contributed by atoms with Crippen LogP contribution in [-0.4, -0.2) is 23.5 Å². The molecule has 0 bridgehead atoms. The third kappa shape index (κ3) is 3.94. The van der Waals surface area contributed by atoms with Gasteiger partial charge in [-0.2, -0.15) is 5.26 Å². The van der Waals surface area contributed by atoms with Gasteiger partial charge in [-0.25, -0.2) is 4.79 Å². The second kappa shape index (κ2) is 7.48. The third-order valence-electron chi connectivity index (χ3n) is 4.76. The Kier molecular flexibility index (Phi) is 5.61. The highest BCUT2D eigenvalue weighted by Crippen LogP contribution is 2.27. The van der Waals surface area contributed by atoms with Gasteiger partial charge in [-0.15, -0.1) is 0 Å². The molecule has 0 spiro atoms. The predicted octanol–water partition coefficient (Wildman–Crippen LogP) is 3.19. The van der Waals surface area contributed by atoms with Crippen molar-refractivity contribution in [3.05, 3.63) is 34.9 Å². The van der Waals surface area contributed by atoms with E-state index >= 15 is 0 Å². The first-order valence-corrected chi connectivity index (χ1v) is 8.39. The monoisotopic (exact) mass is 328 g/mol. The van der Waals surface area contributed by atoms with Crippen LogP contribution < -0.4 is 5.32 Å². The van der Waals surface area contributed by atoms with E-state index in [1.807, 2.05) is 19.9 Å². The van der Waals surface area contributed by atoms with Crippen molar-refractivity contribution in [2.24, 2.45) is 0 Å². The standard InChI is InChI=1S/C19H24N2O3/c1-13-8-7-9-16(14(13)2)18(23)24-15(3)17(22)21-19(12-20)10-5-4-6-11-19/h7-9,15H,4-6,10-11H2,1-3H3,(H,21,22)/t15-/m0/s1. The molecule has 0 saturated heterocycles. The Hall–Kier alpha value is -2.35. The summed E-state index contributed by atoms with van der Waals surface area (Å²) in [6.45, 7) is 5.30. The Morgan fingerprint density at radius 2 is 1.92 bits per heavy atom. The number of hydrogen-bond acceptors (Lipinski definition) is 4. The number of nitrogens with zero attached hydrogens (tertiary/aromatic N) is 1. The van der Waals surface area contributed by atoms with Crippen LogP contribution in [0.5, 0.6) is 0 Å². The number of aryl methyl sites for hydroxylation is 1. The van der Waals surface area contributed by atoms with Gasteiger partial charge in [0.1, 0.15) is 5.54 Å². The molecule has 0 heterocycles. The number of nitrogens with one attached hydrogen (secondary N) is 1. The molecule has 1 atom stereocenters. The van der Waals surface area contributed by atoms with E-state index in [0.717, 1.165) is 30.4 Å². The van der Waals surface area contributed by atoms with Crippen molar-refractivity contribution in [3.63, 3.8) is 0 Å². The number of nitriles is 1. The van der Waals surface area contributed by atoms with E-state index in [0.29, 0.717) is 18.4 Å². The molecule has 0 aliphatic heterocycles. The minimum Gasteiger partial charge on any atom is -0.449 e. The number of carbonyl (C=O) groups is 2. The largest absolute Gasteiger partial charge is 0.449 e. The molecule has 5 heteroatoms. The molecular formula is C19H24N2O3. The van der Waals surface area contributed by atoms with Crippen molar-refractivity contribution < 1.29 is 14.3 Å². The Labute approximate surface area is 143 Å². The van der Waals surface area contributed by atoms with Gasteiger partial charge in [0.15, 0.2) is 6.10 Å². The van der Waals surface area contributed by atoms with Crippen molar-refractivity contribution in [2.75, 3.05) is 0 Å². The fourth-order valence-corrected chi connectivity index (χ4v) is 3.01. The zero-order chi connectivity index (χ0) is 17.7. The topological polar surface area (TPSA) is 79.2 Å². The van der Waals surface area contributed by atoms with E-state index in [1.54, 1.807) is 12.1 Å². The fourth-order valence-electron chi connectivity index (χ4n) is 3.01. The van der Waals surface area contributed by atoms with Crippen LogP contribution >= 0.6 is 0 Å². The molecule has 24 heavy (non-hydrogen) atoms. The lowest BCUT2D eigenvalue weighted by Gasteiger charge is -2.32. The van der Waals surface area contributed by atoms with Gasteiger partial charge < -0.3 is 10.1 Å². The summed E-state index contributed by atoms with van der Waals surface area (Å²) in [6.07, 6.45) is 3.27. The number of ether oxygens (including phenoxy) is 1. The van der Waals surface area contributed by atoms with E-state index in [2.05, 4.69) is 11.4 Å². The van der Waals surface area contributed by atoms with Crippen LogP contribution in [-0.2, 0) is 9.53 Å². The van der Waals surface area contributed by atoms with Crippen LogP contribution in [0, 0.1) is 25.2 Å². The second-order valence-corrected chi connectivity index (χ2v) is 6.54. The van der Waals surface area contributed by atoms with Crippen LogP contribution in [0.15, 0.2) is 18.2 Å². The van der Waals surface area contributed by atoms with Crippen LogP contribution in [0.25, 0.3) is 0 Å². The Morgan fingerprint density at radius 3 is 2.54 bits per heavy atom. The SMILES string of the molecule is Cc1cccc(C(=O)O[C@@H](C)C(=O)NC2(C#N)CCCCC2)c1C. The maximum Gasteiger partial charge on any atom is 0.339 e. The first kappa shape index (κ1) is 18.0. The van der Waals surface area contributed by atoms with Gasteiger partial charge in [0.25, 0.3) is 5.91 Å². The smallest absolute Gasteiger partial charge is 0.339 e. The van der Waals surface area contributed by atoms with Crippen LogP contribution in [0.1, 0.15) is 60.5 Å². The van der Waals surface area contributed by atoms with Crippen LogP contribution in [0.3, 0.4) is 0 Å². The van der Waals surface area contributed by atoms with Crippen molar-refractivity contribution in [1.29, 1.82) is 5.26 Å². The summed E-state index contributed by atoms with van der Waals surface area (Å²) < 4.78 is 5.30. The molecule has 0 unspecified atom stereocenters. The Balaban J connectivity index is 2.02. The number of hydrogen-bond donors (Lipinski definition) is 1. The number of rotatable bonds is 4. The lowest BCUT2D eigenvalue weighted by Crippen LogP contribution is -2.52. The van der Waals surface area contributed by atoms with Gasteiger partial charge in [-0.05, 0) is 50.8 Å². The molecule has 1 aliphatic carbocycles. The minimum absolute atomic E-state index is 0.419. The molecule has 1 saturated carbocycles. The van der Waals surface area contributed by atoms with Crippen LogP contribution in [0.4, 0.5) is 0 Å². The highest BCUT2D eigenvalue weighted by molar-refractivity contribution is 5.93. The van der Waals surface area contributed by atoms with E-state index in [9.17, 15) is 14.9 Å². The summed E-state index contributed by atoms with van der Waals surface area (Å²) in [7, 11) is 0. The summed E-state index contributed by atoms with van der Waals surface area (Å²) in [5, 5.41) is 12.2. The normalized spacial score (nSPS) is 17.4. The predicted molar refractivity (Wildman–Crippen MR) is 90.4 cm³/mol. The summed E-state index contributed by atoms with van der Waals surface area (Å²) in [5.41, 5.74) is 1.47. The molecule has 5 nitrogen and oxygen atoms in total. The molecule has 0 aromatic heterocycles. The quantitative estimate of drug-likeness (QED) is 0.861. The zero-order valence-electron chi connectivity index (χ0n) is 14.5. The first-order chi connectivity index (χ1) is 11.4. The minimum atomic E-state index is -0.940. The number of esters is 1. The second-order valence-electron chi connectivity index (χ2n) is 6.54. The molecule has 128 valence electrons. The summed E-state index contributed by atoms with van der Waals surface area (Å²) in [4.78, 5) is 24.7. The molecule has 0 radical (unpaired) electrons.